The predicted octanol–water partition coefficient (Wildman–Crippen LogP) is 1.16. The molecule has 1 aromatic carbocycles. The Morgan fingerprint density at radius 3 is 2.65 bits per heavy atom. The Morgan fingerprint density at radius 2 is 2.06 bits per heavy atom. The van der Waals surface area contributed by atoms with Crippen molar-refractivity contribution >= 4 is 5.69 Å². The zero-order chi connectivity index (χ0) is 12.3. The highest BCUT2D eigenvalue weighted by Crippen LogP contribution is 2.34. The molecule has 1 aliphatic rings. The van der Waals surface area contributed by atoms with Crippen LogP contribution in [0.1, 0.15) is 18.6 Å². The fraction of sp³-hybridized carbons (Fsp3) is 0.538. The number of nitrogens with one attached hydrogen (secondary N) is 1. The summed E-state index contributed by atoms with van der Waals surface area (Å²) in [7, 11) is 1.64. The van der Waals surface area contributed by atoms with E-state index < -0.39 is 6.10 Å². The van der Waals surface area contributed by atoms with Crippen LogP contribution in [0, 0.1) is 0 Å². The highest BCUT2D eigenvalue weighted by molar-refractivity contribution is 5.60. The first-order valence-corrected chi connectivity index (χ1v) is 6.04. The van der Waals surface area contributed by atoms with E-state index in [0.29, 0.717) is 0 Å². The van der Waals surface area contributed by atoms with Crippen molar-refractivity contribution in [1.82, 2.24) is 5.32 Å². The van der Waals surface area contributed by atoms with Crippen molar-refractivity contribution in [3.63, 3.8) is 0 Å². The second-order valence-electron chi connectivity index (χ2n) is 4.31. The summed E-state index contributed by atoms with van der Waals surface area (Å²) in [5.74, 6) is 0.760. The molecule has 0 saturated carbocycles. The molecule has 2 rings (SSSR count). The summed E-state index contributed by atoms with van der Waals surface area (Å²) >= 11 is 0. The predicted molar refractivity (Wildman–Crippen MR) is 68.7 cm³/mol. The van der Waals surface area contributed by atoms with Gasteiger partial charge in [-0.2, -0.15) is 0 Å². The molecule has 1 fully saturated rings. The van der Waals surface area contributed by atoms with Gasteiger partial charge in [-0.05, 0) is 19.1 Å². The molecule has 0 unspecified atom stereocenters. The summed E-state index contributed by atoms with van der Waals surface area (Å²) in [6, 6.07) is 5.92. The largest absolute Gasteiger partial charge is 0.496 e. The van der Waals surface area contributed by atoms with Gasteiger partial charge in [-0.1, -0.05) is 6.07 Å². The molecule has 0 spiro atoms. The molecule has 1 heterocycles. The molecule has 1 aromatic rings. The molecule has 4 heteroatoms. The Labute approximate surface area is 102 Å². The maximum absolute atomic E-state index is 9.92. The molecule has 0 bridgehead atoms. The molecule has 0 amide bonds. The molecule has 0 aliphatic carbocycles. The smallest absolute Gasteiger partial charge is 0.126 e. The second-order valence-corrected chi connectivity index (χ2v) is 4.31. The van der Waals surface area contributed by atoms with Crippen molar-refractivity contribution in [3.8, 4) is 5.75 Å². The van der Waals surface area contributed by atoms with Gasteiger partial charge in [0.15, 0.2) is 0 Å². The molecular formula is C13H20N2O2. The summed E-state index contributed by atoms with van der Waals surface area (Å²) in [4.78, 5) is 2.29. The van der Waals surface area contributed by atoms with Gasteiger partial charge < -0.3 is 20.1 Å². The third-order valence-corrected chi connectivity index (χ3v) is 3.14. The first-order chi connectivity index (χ1) is 8.24. The minimum atomic E-state index is -0.518. The fourth-order valence-corrected chi connectivity index (χ4v) is 2.31. The van der Waals surface area contributed by atoms with Gasteiger partial charge in [-0.3, -0.25) is 0 Å². The summed E-state index contributed by atoms with van der Waals surface area (Å²) in [6.45, 7) is 5.68. The topological polar surface area (TPSA) is 44.7 Å². The van der Waals surface area contributed by atoms with E-state index in [2.05, 4.69) is 16.3 Å². The standard InChI is InChI=1S/C13H20N2O2/c1-10(16)13-11(4-3-5-12(13)17-2)15-8-6-14-7-9-15/h3-5,10,14,16H,6-9H2,1-2H3/t10-/m0/s1. The van der Waals surface area contributed by atoms with Crippen molar-refractivity contribution in [2.75, 3.05) is 38.2 Å². The van der Waals surface area contributed by atoms with Crippen molar-refractivity contribution in [1.29, 1.82) is 0 Å². The Morgan fingerprint density at radius 1 is 1.35 bits per heavy atom. The summed E-state index contributed by atoms with van der Waals surface area (Å²) in [5.41, 5.74) is 1.97. The third-order valence-electron chi connectivity index (χ3n) is 3.14. The maximum atomic E-state index is 9.92. The Bertz CT molecular complexity index is 374. The van der Waals surface area contributed by atoms with Gasteiger partial charge in [0.25, 0.3) is 0 Å². The Balaban J connectivity index is 2.37. The van der Waals surface area contributed by atoms with E-state index in [1.807, 2.05) is 12.1 Å². The van der Waals surface area contributed by atoms with Crippen LogP contribution >= 0.6 is 0 Å². The molecule has 0 aromatic heterocycles. The van der Waals surface area contributed by atoms with Crippen molar-refractivity contribution in [3.05, 3.63) is 23.8 Å². The van der Waals surface area contributed by atoms with Gasteiger partial charge in [0.1, 0.15) is 5.75 Å². The second kappa shape index (κ2) is 5.38. The first kappa shape index (κ1) is 12.2. The number of ether oxygens (including phenoxy) is 1. The number of rotatable bonds is 3. The number of aliphatic hydroxyl groups is 1. The zero-order valence-corrected chi connectivity index (χ0v) is 10.4. The van der Waals surface area contributed by atoms with Crippen LogP contribution in [0.15, 0.2) is 18.2 Å². The number of anilines is 1. The van der Waals surface area contributed by atoms with E-state index >= 15 is 0 Å². The number of hydrogen-bond acceptors (Lipinski definition) is 4. The summed E-state index contributed by atoms with van der Waals surface area (Å²) < 4.78 is 5.34. The van der Waals surface area contributed by atoms with Gasteiger partial charge in [-0.15, -0.1) is 0 Å². The summed E-state index contributed by atoms with van der Waals surface area (Å²) in [6.07, 6.45) is -0.518. The zero-order valence-electron chi connectivity index (χ0n) is 10.4. The fourth-order valence-electron chi connectivity index (χ4n) is 2.31. The molecule has 1 saturated heterocycles. The van der Waals surface area contributed by atoms with Crippen molar-refractivity contribution in [2.45, 2.75) is 13.0 Å². The van der Waals surface area contributed by atoms with Crippen LogP contribution in [0.2, 0.25) is 0 Å². The first-order valence-electron chi connectivity index (χ1n) is 6.04. The van der Waals surface area contributed by atoms with Crippen LogP contribution in [0.3, 0.4) is 0 Å². The molecule has 1 aliphatic heterocycles. The van der Waals surface area contributed by atoms with Crippen molar-refractivity contribution in [2.24, 2.45) is 0 Å². The lowest BCUT2D eigenvalue weighted by molar-refractivity contribution is 0.194. The number of aliphatic hydroxyl groups excluding tert-OH is 1. The molecule has 2 N–H and O–H groups in total. The minimum Gasteiger partial charge on any atom is -0.496 e. The average molecular weight is 236 g/mol. The number of hydrogen-bond donors (Lipinski definition) is 2. The number of nitrogens with zero attached hydrogens (tertiary/aromatic N) is 1. The minimum absolute atomic E-state index is 0.518. The molecule has 1 atom stereocenters. The lowest BCUT2D eigenvalue weighted by atomic mass is 10.1. The van der Waals surface area contributed by atoms with E-state index in [4.69, 9.17) is 4.74 Å². The van der Waals surface area contributed by atoms with Crippen LogP contribution in [0.25, 0.3) is 0 Å². The van der Waals surface area contributed by atoms with E-state index in [1.165, 1.54) is 0 Å². The normalized spacial score (nSPS) is 17.9. The Hall–Kier alpha value is -1.26. The van der Waals surface area contributed by atoms with E-state index in [-0.39, 0.29) is 0 Å². The van der Waals surface area contributed by atoms with Gasteiger partial charge in [-0.25, -0.2) is 0 Å². The van der Waals surface area contributed by atoms with Crippen LogP contribution in [-0.2, 0) is 0 Å². The number of methoxy groups -OCH3 is 1. The third kappa shape index (κ3) is 2.53. The van der Waals surface area contributed by atoms with E-state index in [0.717, 1.165) is 43.2 Å². The van der Waals surface area contributed by atoms with Crippen LogP contribution < -0.4 is 15.0 Å². The maximum Gasteiger partial charge on any atom is 0.126 e. The molecule has 4 nitrogen and oxygen atoms in total. The van der Waals surface area contributed by atoms with Gasteiger partial charge in [0, 0.05) is 37.4 Å². The van der Waals surface area contributed by atoms with Gasteiger partial charge in [0.05, 0.1) is 13.2 Å². The number of benzene rings is 1. The summed E-state index contributed by atoms with van der Waals surface area (Å²) in [5, 5.41) is 13.3. The molecule has 17 heavy (non-hydrogen) atoms. The Kier molecular flexibility index (Phi) is 3.86. The van der Waals surface area contributed by atoms with Gasteiger partial charge in [0.2, 0.25) is 0 Å². The number of piperazine rings is 1. The quantitative estimate of drug-likeness (QED) is 0.826. The van der Waals surface area contributed by atoms with Crippen LogP contribution in [0.5, 0.6) is 5.75 Å². The van der Waals surface area contributed by atoms with Crippen molar-refractivity contribution < 1.29 is 9.84 Å². The molecular weight excluding hydrogens is 216 g/mol. The lowest BCUT2D eigenvalue weighted by Crippen LogP contribution is -2.44. The monoisotopic (exact) mass is 236 g/mol. The molecule has 0 radical (unpaired) electrons. The van der Waals surface area contributed by atoms with E-state index in [9.17, 15) is 5.11 Å². The molecule has 94 valence electrons. The SMILES string of the molecule is COc1cccc(N2CCNCC2)c1[C@H](C)O. The van der Waals surface area contributed by atoms with Crippen LogP contribution in [-0.4, -0.2) is 38.4 Å². The average Bonchev–Trinajstić information content (AvgIpc) is 2.38. The highest BCUT2D eigenvalue weighted by atomic mass is 16.5. The van der Waals surface area contributed by atoms with Crippen LogP contribution in [0.4, 0.5) is 5.69 Å². The lowest BCUT2D eigenvalue weighted by Gasteiger charge is -2.32. The highest BCUT2D eigenvalue weighted by Gasteiger charge is 2.19. The van der Waals surface area contributed by atoms with E-state index in [1.54, 1.807) is 14.0 Å². The van der Waals surface area contributed by atoms with Gasteiger partial charge >= 0.3 is 0 Å².